The largest absolute Gasteiger partial charge is 0.435 e. The van der Waals surface area contributed by atoms with Crippen LogP contribution in [-0.4, -0.2) is 19.8 Å². The molecule has 0 saturated carbocycles. The molecule has 1 aromatic rings. The Morgan fingerprint density at radius 3 is 2.69 bits per heavy atom. The monoisotopic (exact) mass is 241 g/mol. The Morgan fingerprint density at radius 2 is 2.06 bits per heavy atom. The van der Waals surface area contributed by atoms with E-state index in [1.54, 1.807) is 11.7 Å². The Balaban J connectivity index is 2.21. The van der Waals surface area contributed by atoms with E-state index in [2.05, 4.69) is 0 Å². The molecule has 2 atom stereocenters. The molecule has 88 valence electrons. The van der Waals surface area contributed by atoms with Gasteiger partial charge in [-0.1, -0.05) is 18.2 Å². The van der Waals surface area contributed by atoms with Crippen LogP contribution in [0.3, 0.4) is 0 Å². The van der Waals surface area contributed by atoms with Crippen molar-refractivity contribution in [3.8, 4) is 0 Å². The van der Waals surface area contributed by atoms with Gasteiger partial charge in [0.15, 0.2) is 0 Å². The van der Waals surface area contributed by atoms with E-state index >= 15 is 0 Å². The van der Waals surface area contributed by atoms with Crippen molar-refractivity contribution in [2.24, 2.45) is 0 Å². The number of para-hydroxylation sites is 1. The zero-order chi connectivity index (χ0) is 11.6. The smallest absolute Gasteiger partial charge is 0.292 e. The molecule has 1 aliphatic heterocycles. The summed E-state index contributed by atoms with van der Waals surface area (Å²) < 4.78 is 24.8. The first-order valence-corrected chi connectivity index (χ1v) is 6.83. The molecule has 1 saturated heterocycles. The minimum atomic E-state index is -3.15. The summed E-state index contributed by atoms with van der Waals surface area (Å²) in [6.45, 7) is 2.39. The van der Waals surface area contributed by atoms with Crippen molar-refractivity contribution < 1.29 is 13.6 Å². The SMILES string of the molecule is CC1CCOP(=O)(N(C)c2ccccc2)O1. The van der Waals surface area contributed by atoms with Gasteiger partial charge in [-0.25, -0.2) is 4.57 Å². The maximum Gasteiger partial charge on any atom is 0.435 e. The summed E-state index contributed by atoms with van der Waals surface area (Å²) in [5, 5.41) is 0. The predicted octanol–water partition coefficient (Wildman–Crippen LogP) is 3.06. The van der Waals surface area contributed by atoms with Crippen LogP contribution in [0.5, 0.6) is 0 Å². The lowest BCUT2D eigenvalue weighted by molar-refractivity contribution is 0.0917. The Morgan fingerprint density at radius 1 is 1.38 bits per heavy atom. The molecule has 0 amide bonds. The first-order valence-electron chi connectivity index (χ1n) is 5.34. The quantitative estimate of drug-likeness (QED) is 0.746. The highest BCUT2D eigenvalue weighted by Gasteiger charge is 2.36. The fraction of sp³-hybridized carbons (Fsp3) is 0.455. The zero-order valence-electron chi connectivity index (χ0n) is 9.50. The molecule has 2 unspecified atom stereocenters. The van der Waals surface area contributed by atoms with E-state index in [1.807, 2.05) is 37.3 Å². The summed E-state index contributed by atoms with van der Waals surface area (Å²) >= 11 is 0. The highest BCUT2D eigenvalue weighted by molar-refractivity contribution is 7.55. The van der Waals surface area contributed by atoms with E-state index in [9.17, 15) is 4.57 Å². The number of rotatable bonds is 2. The number of benzene rings is 1. The topological polar surface area (TPSA) is 38.8 Å². The van der Waals surface area contributed by atoms with Gasteiger partial charge < -0.3 is 0 Å². The van der Waals surface area contributed by atoms with Gasteiger partial charge in [0, 0.05) is 12.7 Å². The summed E-state index contributed by atoms with van der Waals surface area (Å²) in [4.78, 5) is 0. The second-order valence-corrected chi connectivity index (χ2v) is 5.87. The summed E-state index contributed by atoms with van der Waals surface area (Å²) in [6.07, 6.45) is 0.762. The highest BCUT2D eigenvalue weighted by atomic mass is 31.2. The number of hydrogen-bond acceptors (Lipinski definition) is 3. The van der Waals surface area contributed by atoms with Crippen molar-refractivity contribution in [1.82, 2.24) is 0 Å². The summed E-state index contributed by atoms with van der Waals surface area (Å²) in [7, 11) is -1.42. The molecule has 0 radical (unpaired) electrons. The van der Waals surface area contributed by atoms with Gasteiger partial charge in [0.2, 0.25) is 0 Å². The summed E-state index contributed by atoms with van der Waals surface area (Å²) in [5.41, 5.74) is 0.833. The van der Waals surface area contributed by atoms with E-state index in [-0.39, 0.29) is 6.10 Å². The fourth-order valence-electron chi connectivity index (χ4n) is 1.59. The van der Waals surface area contributed by atoms with Crippen LogP contribution < -0.4 is 4.67 Å². The van der Waals surface area contributed by atoms with Crippen LogP contribution in [0.15, 0.2) is 30.3 Å². The Hall–Kier alpha value is -0.830. The van der Waals surface area contributed by atoms with Crippen LogP contribution in [0.25, 0.3) is 0 Å². The molecule has 1 aliphatic rings. The molecule has 0 N–H and O–H groups in total. The van der Waals surface area contributed by atoms with E-state index in [0.29, 0.717) is 6.61 Å². The standard InChI is InChI=1S/C11H16NO3P/c1-10-8-9-14-16(13,15-10)12(2)11-6-4-3-5-7-11/h3-7,10H,8-9H2,1-2H3. The Bertz CT molecular complexity index is 395. The lowest BCUT2D eigenvalue weighted by atomic mass is 10.3. The average Bonchev–Trinajstić information content (AvgIpc) is 2.29. The van der Waals surface area contributed by atoms with Gasteiger partial charge in [0.25, 0.3) is 0 Å². The molecule has 5 heteroatoms. The summed E-state index contributed by atoms with van der Waals surface area (Å²) in [5.74, 6) is 0. The summed E-state index contributed by atoms with van der Waals surface area (Å²) in [6, 6.07) is 9.46. The number of hydrogen-bond donors (Lipinski definition) is 0. The molecule has 1 heterocycles. The molecule has 0 bridgehead atoms. The van der Waals surface area contributed by atoms with Crippen LogP contribution in [-0.2, 0) is 13.6 Å². The van der Waals surface area contributed by atoms with E-state index in [1.165, 1.54) is 0 Å². The second kappa shape index (κ2) is 4.58. The first-order chi connectivity index (χ1) is 7.62. The number of anilines is 1. The van der Waals surface area contributed by atoms with Crippen LogP contribution in [0, 0.1) is 0 Å². The molecule has 16 heavy (non-hydrogen) atoms. The second-order valence-electron chi connectivity index (χ2n) is 3.87. The molecule has 0 aliphatic carbocycles. The fourth-order valence-corrected chi connectivity index (χ4v) is 3.28. The van der Waals surface area contributed by atoms with Crippen LogP contribution in [0.4, 0.5) is 5.69 Å². The highest BCUT2D eigenvalue weighted by Crippen LogP contribution is 2.56. The van der Waals surface area contributed by atoms with Gasteiger partial charge in [0.05, 0.1) is 12.7 Å². The molecule has 2 rings (SSSR count). The van der Waals surface area contributed by atoms with E-state index in [4.69, 9.17) is 9.05 Å². The van der Waals surface area contributed by atoms with Crippen LogP contribution in [0.1, 0.15) is 13.3 Å². The van der Waals surface area contributed by atoms with Crippen LogP contribution >= 0.6 is 7.75 Å². The Labute approximate surface area is 95.8 Å². The van der Waals surface area contributed by atoms with Gasteiger partial charge in [-0.05, 0) is 25.5 Å². The normalized spacial score (nSPS) is 30.0. The van der Waals surface area contributed by atoms with E-state index in [0.717, 1.165) is 12.1 Å². The van der Waals surface area contributed by atoms with Crippen molar-refractivity contribution in [3.63, 3.8) is 0 Å². The van der Waals surface area contributed by atoms with Gasteiger partial charge in [-0.15, -0.1) is 0 Å². The van der Waals surface area contributed by atoms with E-state index < -0.39 is 7.75 Å². The van der Waals surface area contributed by atoms with Gasteiger partial charge in [-0.3, -0.25) is 13.7 Å². The maximum atomic E-state index is 12.4. The third-order valence-corrected chi connectivity index (χ3v) is 4.69. The van der Waals surface area contributed by atoms with Gasteiger partial charge in [0.1, 0.15) is 0 Å². The van der Waals surface area contributed by atoms with Crippen molar-refractivity contribution in [2.75, 3.05) is 18.3 Å². The lowest BCUT2D eigenvalue weighted by Gasteiger charge is -2.33. The van der Waals surface area contributed by atoms with Crippen molar-refractivity contribution >= 4 is 13.4 Å². The zero-order valence-corrected chi connectivity index (χ0v) is 10.4. The van der Waals surface area contributed by atoms with Crippen molar-refractivity contribution in [2.45, 2.75) is 19.4 Å². The minimum absolute atomic E-state index is 0.0225. The molecule has 4 nitrogen and oxygen atoms in total. The van der Waals surface area contributed by atoms with Crippen molar-refractivity contribution in [1.29, 1.82) is 0 Å². The molecule has 1 fully saturated rings. The lowest BCUT2D eigenvalue weighted by Crippen LogP contribution is -2.26. The molecule has 0 aromatic heterocycles. The molecule has 0 spiro atoms. The molecular formula is C11H16NO3P. The van der Waals surface area contributed by atoms with Gasteiger partial charge in [-0.2, -0.15) is 0 Å². The molecule has 1 aromatic carbocycles. The first kappa shape index (κ1) is 11.6. The Kier molecular flexibility index (Phi) is 3.33. The third-order valence-electron chi connectivity index (χ3n) is 2.59. The predicted molar refractivity (Wildman–Crippen MR) is 63.6 cm³/mol. The van der Waals surface area contributed by atoms with Crippen LogP contribution in [0.2, 0.25) is 0 Å². The average molecular weight is 241 g/mol. The number of nitrogens with zero attached hydrogens (tertiary/aromatic N) is 1. The van der Waals surface area contributed by atoms with Gasteiger partial charge >= 0.3 is 7.75 Å². The van der Waals surface area contributed by atoms with Crippen molar-refractivity contribution in [3.05, 3.63) is 30.3 Å². The maximum absolute atomic E-state index is 12.4. The minimum Gasteiger partial charge on any atom is -0.292 e. The third kappa shape index (κ3) is 2.29. The molecular weight excluding hydrogens is 225 g/mol.